The fraction of sp³-hybridized carbons (Fsp3) is 0.250. The maximum Gasteiger partial charge on any atom is 0.387 e. The van der Waals surface area contributed by atoms with Crippen molar-refractivity contribution in [2.24, 2.45) is 5.10 Å². The number of fused-ring (bicyclic) bond motifs is 1. The van der Waals surface area contributed by atoms with E-state index in [0.29, 0.717) is 34.7 Å². The second-order valence-electron chi connectivity index (χ2n) is 6.06. The van der Waals surface area contributed by atoms with Crippen LogP contribution in [0.15, 0.2) is 52.4 Å². The van der Waals surface area contributed by atoms with Gasteiger partial charge < -0.3 is 9.47 Å². The number of methoxy groups -OCH3 is 1. The molecular formula is C20H20F2N4O3. The Labute approximate surface area is 165 Å². The lowest BCUT2D eigenvalue weighted by atomic mass is 10.1. The van der Waals surface area contributed by atoms with Gasteiger partial charge in [0, 0.05) is 12.1 Å². The molecule has 0 saturated carbocycles. The highest BCUT2D eigenvalue weighted by atomic mass is 19.3. The zero-order valence-corrected chi connectivity index (χ0v) is 16.1. The molecule has 9 heteroatoms. The van der Waals surface area contributed by atoms with Crippen LogP contribution in [-0.4, -0.2) is 29.0 Å². The Morgan fingerprint density at radius 1 is 1.24 bits per heavy atom. The van der Waals surface area contributed by atoms with Crippen LogP contribution in [0, 0.1) is 0 Å². The average molecular weight is 402 g/mol. The smallest absolute Gasteiger partial charge is 0.387 e. The molecule has 3 rings (SSSR count). The highest BCUT2D eigenvalue weighted by Gasteiger charge is 2.13. The molecule has 7 nitrogen and oxygen atoms in total. The lowest BCUT2D eigenvalue weighted by Crippen LogP contribution is -2.23. The Morgan fingerprint density at radius 3 is 2.69 bits per heavy atom. The molecule has 1 aromatic heterocycles. The summed E-state index contributed by atoms with van der Waals surface area (Å²) in [6, 6.07) is 11.6. The lowest BCUT2D eigenvalue weighted by molar-refractivity contribution is -0.0512. The van der Waals surface area contributed by atoms with Crippen LogP contribution in [0.1, 0.15) is 19.4 Å². The van der Waals surface area contributed by atoms with Crippen LogP contribution in [-0.2, 0) is 6.54 Å². The molecule has 0 bridgehead atoms. The third-order valence-corrected chi connectivity index (χ3v) is 4.30. The van der Waals surface area contributed by atoms with Gasteiger partial charge in [0.15, 0.2) is 11.5 Å². The summed E-state index contributed by atoms with van der Waals surface area (Å²) in [5.74, 6) is 0.398. The Hall–Kier alpha value is -3.49. The fourth-order valence-electron chi connectivity index (χ4n) is 2.83. The molecule has 29 heavy (non-hydrogen) atoms. The van der Waals surface area contributed by atoms with Crippen LogP contribution in [0.25, 0.3) is 10.9 Å². The first-order valence-corrected chi connectivity index (χ1v) is 8.87. The van der Waals surface area contributed by atoms with Gasteiger partial charge in [-0.05, 0) is 44.2 Å². The van der Waals surface area contributed by atoms with Crippen molar-refractivity contribution in [2.45, 2.75) is 27.0 Å². The SMILES string of the molecule is CCn1c(N/N=C(/C)c2ccc(OC(F)F)c(OC)c2)nc2ccccc2c1=O. The molecule has 1 heterocycles. The maximum atomic E-state index is 12.6. The molecule has 0 amide bonds. The number of nitrogens with one attached hydrogen (secondary N) is 1. The molecule has 3 aromatic rings. The number of nitrogens with zero attached hydrogens (tertiary/aromatic N) is 3. The minimum absolute atomic E-state index is 0.0666. The zero-order chi connectivity index (χ0) is 21.0. The van der Waals surface area contributed by atoms with Gasteiger partial charge in [0.1, 0.15) is 0 Å². The van der Waals surface area contributed by atoms with Crippen molar-refractivity contribution >= 4 is 22.6 Å². The third kappa shape index (κ3) is 4.34. The summed E-state index contributed by atoms with van der Waals surface area (Å²) in [4.78, 5) is 17.1. The second-order valence-corrected chi connectivity index (χ2v) is 6.06. The van der Waals surface area contributed by atoms with Crippen LogP contribution in [0.3, 0.4) is 0 Å². The summed E-state index contributed by atoms with van der Waals surface area (Å²) < 4.78 is 36.0. The second kappa shape index (κ2) is 8.68. The van der Waals surface area contributed by atoms with Gasteiger partial charge in [0.2, 0.25) is 5.95 Å². The molecule has 0 atom stereocenters. The lowest BCUT2D eigenvalue weighted by Gasteiger charge is -2.13. The summed E-state index contributed by atoms with van der Waals surface area (Å²) in [5, 5.41) is 4.81. The van der Waals surface area contributed by atoms with E-state index in [1.165, 1.54) is 17.7 Å². The molecule has 0 aliphatic carbocycles. The van der Waals surface area contributed by atoms with Crippen LogP contribution in [0.5, 0.6) is 11.5 Å². The van der Waals surface area contributed by atoms with Gasteiger partial charge in [0.05, 0.1) is 23.7 Å². The van der Waals surface area contributed by atoms with Crippen molar-refractivity contribution in [3.63, 3.8) is 0 Å². The van der Waals surface area contributed by atoms with E-state index < -0.39 is 6.61 Å². The summed E-state index contributed by atoms with van der Waals surface area (Å²) in [6.45, 7) is 1.04. The van der Waals surface area contributed by atoms with E-state index in [4.69, 9.17) is 4.74 Å². The number of benzene rings is 2. The van der Waals surface area contributed by atoms with Crippen LogP contribution in [0.2, 0.25) is 0 Å². The molecule has 0 spiro atoms. The summed E-state index contributed by atoms with van der Waals surface area (Å²) in [5.41, 5.74) is 4.39. The van der Waals surface area contributed by atoms with Gasteiger partial charge in [-0.2, -0.15) is 13.9 Å². The summed E-state index contributed by atoms with van der Waals surface area (Å²) in [6.07, 6.45) is 0. The highest BCUT2D eigenvalue weighted by molar-refractivity contribution is 5.99. The van der Waals surface area contributed by atoms with Crippen molar-refractivity contribution in [3.8, 4) is 11.5 Å². The quantitative estimate of drug-likeness (QED) is 0.480. The fourth-order valence-corrected chi connectivity index (χ4v) is 2.83. The number of aromatic nitrogens is 2. The first-order chi connectivity index (χ1) is 13.9. The van der Waals surface area contributed by atoms with E-state index in [-0.39, 0.29) is 17.1 Å². The van der Waals surface area contributed by atoms with Gasteiger partial charge in [-0.1, -0.05) is 12.1 Å². The maximum absolute atomic E-state index is 12.6. The third-order valence-electron chi connectivity index (χ3n) is 4.30. The normalized spacial score (nSPS) is 11.7. The molecule has 0 saturated heterocycles. The Balaban J connectivity index is 1.93. The molecule has 0 radical (unpaired) electrons. The van der Waals surface area contributed by atoms with E-state index in [1.54, 1.807) is 43.3 Å². The van der Waals surface area contributed by atoms with Crippen molar-refractivity contribution < 1.29 is 18.3 Å². The minimum Gasteiger partial charge on any atom is -0.493 e. The van der Waals surface area contributed by atoms with Crippen LogP contribution < -0.4 is 20.5 Å². The highest BCUT2D eigenvalue weighted by Crippen LogP contribution is 2.29. The summed E-state index contributed by atoms with van der Waals surface area (Å²) >= 11 is 0. The van der Waals surface area contributed by atoms with Crippen molar-refractivity contribution in [3.05, 3.63) is 58.4 Å². The number of anilines is 1. The number of para-hydroxylation sites is 1. The number of alkyl halides is 2. The summed E-state index contributed by atoms with van der Waals surface area (Å²) in [7, 11) is 1.36. The van der Waals surface area contributed by atoms with Crippen molar-refractivity contribution in [2.75, 3.05) is 12.5 Å². The van der Waals surface area contributed by atoms with Crippen LogP contribution >= 0.6 is 0 Å². The largest absolute Gasteiger partial charge is 0.493 e. The number of halogens is 2. The van der Waals surface area contributed by atoms with Crippen molar-refractivity contribution in [1.29, 1.82) is 0 Å². The van der Waals surface area contributed by atoms with E-state index in [9.17, 15) is 13.6 Å². The average Bonchev–Trinajstić information content (AvgIpc) is 2.72. The monoisotopic (exact) mass is 402 g/mol. The van der Waals surface area contributed by atoms with Gasteiger partial charge >= 0.3 is 6.61 Å². The number of hydrazone groups is 1. The van der Waals surface area contributed by atoms with E-state index in [2.05, 4.69) is 20.2 Å². The molecule has 0 fully saturated rings. The van der Waals surface area contributed by atoms with E-state index >= 15 is 0 Å². The van der Waals surface area contributed by atoms with Crippen LogP contribution in [0.4, 0.5) is 14.7 Å². The number of hydrogen-bond acceptors (Lipinski definition) is 6. The van der Waals surface area contributed by atoms with E-state index in [1.807, 2.05) is 6.92 Å². The first-order valence-electron chi connectivity index (χ1n) is 8.87. The first kappa shape index (κ1) is 20.2. The predicted octanol–water partition coefficient (Wildman–Crippen LogP) is 3.86. The number of hydrogen-bond donors (Lipinski definition) is 1. The topological polar surface area (TPSA) is 77.7 Å². The Bertz CT molecular complexity index is 1110. The molecule has 0 aliphatic rings. The number of rotatable bonds is 7. The minimum atomic E-state index is -2.95. The Morgan fingerprint density at radius 2 is 2.00 bits per heavy atom. The number of ether oxygens (including phenoxy) is 2. The molecule has 2 aromatic carbocycles. The molecular weight excluding hydrogens is 382 g/mol. The molecule has 1 N–H and O–H groups in total. The van der Waals surface area contributed by atoms with Gasteiger partial charge in [-0.25, -0.2) is 10.4 Å². The van der Waals surface area contributed by atoms with E-state index in [0.717, 1.165) is 0 Å². The van der Waals surface area contributed by atoms with Gasteiger partial charge in [-0.3, -0.25) is 9.36 Å². The van der Waals surface area contributed by atoms with Gasteiger partial charge in [-0.15, -0.1) is 0 Å². The van der Waals surface area contributed by atoms with Gasteiger partial charge in [0.25, 0.3) is 5.56 Å². The molecule has 0 aliphatic heterocycles. The Kier molecular flexibility index (Phi) is 6.06. The van der Waals surface area contributed by atoms with Crippen molar-refractivity contribution in [1.82, 2.24) is 9.55 Å². The molecule has 152 valence electrons. The zero-order valence-electron chi connectivity index (χ0n) is 16.1. The predicted molar refractivity (Wildman–Crippen MR) is 107 cm³/mol. The standard InChI is InChI=1S/C20H20F2N4O3/c1-4-26-18(27)14-7-5-6-8-15(14)23-20(26)25-24-12(2)13-9-10-16(29-19(21)22)17(11-13)28-3/h5-11,19H,4H2,1-3H3,(H,23,25)/b24-12-. The molecule has 0 unspecified atom stereocenters.